The molecule has 1 heterocycles. The topological polar surface area (TPSA) is 51.5 Å². The molecule has 3 rings (SSSR count). The SMILES string of the molecule is CCOc1ccc2oc(-c3ccc(F)cc3)c(C(=O)NC)c2c1C. The molecule has 0 fully saturated rings. The molecule has 0 saturated heterocycles. The second-order valence-corrected chi connectivity index (χ2v) is 5.39. The summed E-state index contributed by atoms with van der Waals surface area (Å²) in [7, 11) is 1.57. The summed E-state index contributed by atoms with van der Waals surface area (Å²) in [4.78, 5) is 12.5. The highest BCUT2D eigenvalue weighted by atomic mass is 19.1. The summed E-state index contributed by atoms with van der Waals surface area (Å²) >= 11 is 0. The van der Waals surface area contributed by atoms with Crippen molar-refractivity contribution in [3.63, 3.8) is 0 Å². The van der Waals surface area contributed by atoms with Crippen molar-refractivity contribution in [3.8, 4) is 17.1 Å². The first-order valence-corrected chi connectivity index (χ1v) is 7.73. The van der Waals surface area contributed by atoms with Crippen LogP contribution in [-0.4, -0.2) is 19.6 Å². The molecule has 0 spiro atoms. The lowest BCUT2D eigenvalue weighted by Gasteiger charge is -2.08. The summed E-state index contributed by atoms with van der Waals surface area (Å²) in [6, 6.07) is 9.49. The van der Waals surface area contributed by atoms with Crippen molar-refractivity contribution in [1.82, 2.24) is 5.32 Å². The number of carbonyl (C=O) groups is 1. The van der Waals surface area contributed by atoms with Gasteiger partial charge in [-0.25, -0.2) is 4.39 Å². The van der Waals surface area contributed by atoms with Crippen LogP contribution >= 0.6 is 0 Å². The van der Waals surface area contributed by atoms with E-state index >= 15 is 0 Å². The van der Waals surface area contributed by atoms with Gasteiger partial charge in [0.15, 0.2) is 0 Å². The smallest absolute Gasteiger partial charge is 0.255 e. The Morgan fingerprint density at radius 1 is 1.21 bits per heavy atom. The van der Waals surface area contributed by atoms with Crippen molar-refractivity contribution in [2.75, 3.05) is 13.7 Å². The summed E-state index contributed by atoms with van der Waals surface area (Å²) in [5.41, 5.74) is 2.50. The molecule has 24 heavy (non-hydrogen) atoms. The van der Waals surface area contributed by atoms with E-state index in [1.807, 2.05) is 19.9 Å². The van der Waals surface area contributed by atoms with E-state index in [4.69, 9.17) is 9.15 Å². The van der Waals surface area contributed by atoms with Crippen molar-refractivity contribution >= 4 is 16.9 Å². The molecule has 1 amide bonds. The van der Waals surface area contributed by atoms with Crippen LogP contribution in [-0.2, 0) is 0 Å². The zero-order chi connectivity index (χ0) is 17.3. The van der Waals surface area contributed by atoms with E-state index in [1.165, 1.54) is 12.1 Å². The molecule has 0 unspecified atom stereocenters. The minimum atomic E-state index is -0.342. The third-order valence-corrected chi connectivity index (χ3v) is 3.93. The van der Waals surface area contributed by atoms with Gasteiger partial charge in [0.25, 0.3) is 5.91 Å². The molecule has 1 N–H and O–H groups in total. The first-order chi connectivity index (χ1) is 11.6. The van der Waals surface area contributed by atoms with Gasteiger partial charge in [0.2, 0.25) is 0 Å². The van der Waals surface area contributed by atoms with E-state index in [2.05, 4.69) is 5.32 Å². The van der Waals surface area contributed by atoms with Crippen molar-refractivity contribution in [2.45, 2.75) is 13.8 Å². The maximum Gasteiger partial charge on any atom is 0.255 e. The normalized spacial score (nSPS) is 10.8. The minimum Gasteiger partial charge on any atom is -0.494 e. The largest absolute Gasteiger partial charge is 0.494 e. The molecule has 0 aliphatic heterocycles. The van der Waals surface area contributed by atoms with Crippen molar-refractivity contribution in [2.24, 2.45) is 0 Å². The molecule has 3 aromatic rings. The number of rotatable bonds is 4. The number of halogens is 1. The van der Waals surface area contributed by atoms with Gasteiger partial charge in [0, 0.05) is 23.6 Å². The van der Waals surface area contributed by atoms with Crippen LogP contribution in [0.4, 0.5) is 4.39 Å². The number of hydrogen-bond donors (Lipinski definition) is 1. The van der Waals surface area contributed by atoms with Crippen LogP contribution in [0.3, 0.4) is 0 Å². The summed E-state index contributed by atoms with van der Waals surface area (Å²) < 4.78 is 24.8. The zero-order valence-corrected chi connectivity index (χ0v) is 13.8. The Bertz CT molecular complexity index is 897. The Morgan fingerprint density at radius 3 is 2.54 bits per heavy atom. The summed E-state index contributed by atoms with van der Waals surface area (Å²) in [5.74, 6) is 0.527. The van der Waals surface area contributed by atoms with Crippen molar-refractivity contribution in [3.05, 3.63) is 53.3 Å². The number of furan rings is 1. The van der Waals surface area contributed by atoms with Crippen LogP contribution in [0.25, 0.3) is 22.3 Å². The van der Waals surface area contributed by atoms with Gasteiger partial charge < -0.3 is 14.5 Å². The van der Waals surface area contributed by atoms with E-state index in [1.54, 1.807) is 25.2 Å². The molecule has 0 bridgehead atoms. The Morgan fingerprint density at radius 2 is 1.92 bits per heavy atom. The first-order valence-electron chi connectivity index (χ1n) is 7.73. The Hall–Kier alpha value is -2.82. The van der Waals surface area contributed by atoms with E-state index in [-0.39, 0.29) is 11.7 Å². The molecule has 5 heteroatoms. The second kappa shape index (κ2) is 6.35. The van der Waals surface area contributed by atoms with Crippen LogP contribution in [0.1, 0.15) is 22.8 Å². The summed E-state index contributed by atoms with van der Waals surface area (Å²) in [6.45, 7) is 4.33. The molecule has 0 aliphatic carbocycles. The minimum absolute atomic E-state index is 0.259. The first kappa shape index (κ1) is 16.1. The molecule has 0 atom stereocenters. The fourth-order valence-electron chi connectivity index (χ4n) is 2.80. The maximum atomic E-state index is 13.2. The molecular weight excluding hydrogens is 309 g/mol. The third kappa shape index (κ3) is 2.62. The number of amides is 1. The van der Waals surface area contributed by atoms with Gasteiger partial charge >= 0.3 is 0 Å². The van der Waals surface area contributed by atoms with Gasteiger partial charge in [-0.15, -0.1) is 0 Å². The van der Waals surface area contributed by atoms with E-state index < -0.39 is 0 Å². The maximum absolute atomic E-state index is 13.2. The van der Waals surface area contributed by atoms with Crippen LogP contribution in [0, 0.1) is 12.7 Å². The van der Waals surface area contributed by atoms with Gasteiger partial charge in [-0.1, -0.05) is 0 Å². The van der Waals surface area contributed by atoms with Gasteiger partial charge in [0.1, 0.15) is 22.9 Å². The molecular formula is C19H18FNO3. The van der Waals surface area contributed by atoms with Crippen LogP contribution < -0.4 is 10.1 Å². The monoisotopic (exact) mass is 327 g/mol. The molecule has 0 saturated carbocycles. The Balaban J connectivity index is 2.31. The van der Waals surface area contributed by atoms with Gasteiger partial charge in [-0.05, 0) is 50.2 Å². The zero-order valence-electron chi connectivity index (χ0n) is 13.8. The average molecular weight is 327 g/mol. The number of ether oxygens (including phenoxy) is 1. The molecule has 0 radical (unpaired) electrons. The van der Waals surface area contributed by atoms with Gasteiger partial charge in [-0.3, -0.25) is 4.79 Å². The third-order valence-electron chi connectivity index (χ3n) is 3.93. The fourth-order valence-corrected chi connectivity index (χ4v) is 2.80. The number of fused-ring (bicyclic) bond motifs is 1. The summed E-state index contributed by atoms with van der Waals surface area (Å²) in [6.07, 6.45) is 0. The Labute approximate surface area is 139 Å². The molecule has 1 aromatic heterocycles. The Kier molecular flexibility index (Phi) is 4.25. The molecule has 0 aliphatic rings. The lowest BCUT2D eigenvalue weighted by atomic mass is 10.0. The van der Waals surface area contributed by atoms with E-state index in [9.17, 15) is 9.18 Å². The highest BCUT2D eigenvalue weighted by Gasteiger charge is 2.24. The fraction of sp³-hybridized carbons (Fsp3) is 0.211. The van der Waals surface area contributed by atoms with Gasteiger partial charge in [-0.2, -0.15) is 0 Å². The van der Waals surface area contributed by atoms with Crippen molar-refractivity contribution < 1.29 is 18.3 Å². The second-order valence-electron chi connectivity index (χ2n) is 5.39. The lowest BCUT2D eigenvalue weighted by Crippen LogP contribution is -2.18. The molecule has 124 valence electrons. The number of benzene rings is 2. The predicted molar refractivity (Wildman–Crippen MR) is 90.9 cm³/mol. The van der Waals surface area contributed by atoms with Crippen molar-refractivity contribution in [1.29, 1.82) is 0 Å². The lowest BCUT2D eigenvalue weighted by molar-refractivity contribution is 0.0964. The number of aryl methyl sites for hydroxylation is 1. The van der Waals surface area contributed by atoms with E-state index in [0.717, 1.165) is 5.56 Å². The number of nitrogens with one attached hydrogen (secondary N) is 1. The highest BCUT2D eigenvalue weighted by molar-refractivity contribution is 6.12. The van der Waals surface area contributed by atoms with E-state index in [0.29, 0.717) is 40.2 Å². The van der Waals surface area contributed by atoms with Crippen LogP contribution in [0.2, 0.25) is 0 Å². The number of hydrogen-bond acceptors (Lipinski definition) is 3. The van der Waals surface area contributed by atoms with Crippen LogP contribution in [0.5, 0.6) is 5.75 Å². The predicted octanol–water partition coefficient (Wildman–Crippen LogP) is 4.31. The molecule has 2 aromatic carbocycles. The summed E-state index contributed by atoms with van der Waals surface area (Å²) in [5, 5.41) is 3.35. The average Bonchev–Trinajstić information content (AvgIpc) is 2.98. The molecule has 4 nitrogen and oxygen atoms in total. The standard InChI is InChI=1S/C19H18FNO3/c1-4-23-14-9-10-15-16(11(14)2)17(19(22)21-3)18(24-15)12-5-7-13(20)8-6-12/h5-10H,4H2,1-3H3,(H,21,22). The van der Waals surface area contributed by atoms with Crippen LogP contribution in [0.15, 0.2) is 40.8 Å². The number of carbonyl (C=O) groups excluding carboxylic acids is 1. The highest BCUT2D eigenvalue weighted by Crippen LogP contribution is 2.38. The van der Waals surface area contributed by atoms with Gasteiger partial charge in [0.05, 0.1) is 12.2 Å². The quantitative estimate of drug-likeness (QED) is 0.777.